The van der Waals surface area contributed by atoms with Crippen LogP contribution in [-0.2, 0) is 6.42 Å². The van der Waals surface area contributed by atoms with Gasteiger partial charge in [0.1, 0.15) is 5.82 Å². The smallest absolute Gasteiger partial charge is 0.123 e. The molecule has 4 nitrogen and oxygen atoms in total. The number of nitrogens with two attached hydrogens (primary N) is 1. The standard InChI is InChI=1S/C13H18N4S/c1-2-4-15-11(12-8-18-9-17-12)6-10-3-5-16-13(14)7-10/h3,5,7-9,11,15H,2,4,6H2,1H3,(H2,14,16). The van der Waals surface area contributed by atoms with Crippen LogP contribution in [-0.4, -0.2) is 16.5 Å². The highest BCUT2D eigenvalue weighted by molar-refractivity contribution is 7.07. The first-order valence-electron chi connectivity index (χ1n) is 6.11. The lowest BCUT2D eigenvalue weighted by atomic mass is 10.0. The number of nitrogens with one attached hydrogen (secondary N) is 1. The Kier molecular flexibility index (Phi) is 4.66. The zero-order valence-electron chi connectivity index (χ0n) is 10.5. The lowest BCUT2D eigenvalue weighted by Gasteiger charge is -2.16. The summed E-state index contributed by atoms with van der Waals surface area (Å²) in [7, 11) is 0. The van der Waals surface area contributed by atoms with Crippen LogP contribution in [0.4, 0.5) is 5.82 Å². The van der Waals surface area contributed by atoms with Gasteiger partial charge in [0.2, 0.25) is 0 Å². The van der Waals surface area contributed by atoms with Gasteiger partial charge in [0.05, 0.1) is 17.2 Å². The molecule has 0 aliphatic heterocycles. The van der Waals surface area contributed by atoms with Gasteiger partial charge in [0.25, 0.3) is 0 Å². The molecule has 0 saturated carbocycles. The molecule has 0 aliphatic rings. The van der Waals surface area contributed by atoms with Gasteiger partial charge in [-0.05, 0) is 37.1 Å². The molecule has 0 spiro atoms. The van der Waals surface area contributed by atoms with Crippen molar-refractivity contribution in [3.05, 3.63) is 40.5 Å². The van der Waals surface area contributed by atoms with Gasteiger partial charge in [-0.15, -0.1) is 11.3 Å². The minimum absolute atomic E-state index is 0.248. The number of nitrogens with zero attached hydrogens (tertiary/aromatic N) is 2. The third-order valence-corrected chi connectivity index (χ3v) is 3.34. The molecule has 1 unspecified atom stereocenters. The van der Waals surface area contributed by atoms with Crippen molar-refractivity contribution < 1.29 is 0 Å². The van der Waals surface area contributed by atoms with Crippen LogP contribution < -0.4 is 11.1 Å². The predicted molar refractivity (Wildman–Crippen MR) is 75.5 cm³/mol. The Labute approximate surface area is 111 Å². The molecule has 3 N–H and O–H groups in total. The molecule has 0 amide bonds. The summed E-state index contributed by atoms with van der Waals surface area (Å²) in [5.74, 6) is 0.569. The fraction of sp³-hybridized carbons (Fsp3) is 0.385. The van der Waals surface area contributed by atoms with E-state index in [-0.39, 0.29) is 6.04 Å². The normalized spacial score (nSPS) is 12.5. The van der Waals surface area contributed by atoms with Gasteiger partial charge in [-0.2, -0.15) is 0 Å². The van der Waals surface area contributed by atoms with Crippen molar-refractivity contribution in [2.75, 3.05) is 12.3 Å². The monoisotopic (exact) mass is 262 g/mol. The van der Waals surface area contributed by atoms with Crippen LogP contribution in [0.25, 0.3) is 0 Å². The van der Waals surface area contributed by atoms with E-state index >= 15 is 0 Å². The molecular weight excluding hydrogens is 244 g/mol. The Morgan fingerprint density at radius 2 is 2.33 bits per heavy atom. The number of anilines is 1. The minimum atomic E-state index is 0.248. The average Bonchev–Trinajstić information content (AvgIpc) is 2.88. The van der Waals surface area contributed by atoms with Gasteiger partial charge in [0, 0.05) is 11.6 Å². The Hall–Kier alpha value is -1.46. The number of hydrogen-bond donors (Lipinski definition) is 2. The van der Waals surface area contributed by atoms with Crippen molar-refractivity contribution in [3.8, 4) is 0 Å². The van der Waals surface area contributed by atoms with Gasteiger partial charge >= 0.3 is 0 Å². The van der Waals surface area contributed by atoms with Gasteiger partial charge < -0.3 is 11.1 Å². The molecule has 2 rings (SSSR count). The highest BCUT2D eigenvalue weighted by Crippen LogP contribution is 2.19. The van der Waals surface area contributed by atoms with Crippen LogP contribution in [0, 0.1) is 0 Å². The quantitative estimate of drug-likeness (QED) is 0.839. The van der Waals surface area contributed by atoms with E-state index in [9.17, 15) is 0 Å². The molecule has 0 bridgehead atoms. The molecule has 5 heteroatoms. The SMILES string of the molecule is CCCNC(Cc1ccnc(N)c1)c1cscn1. The van der Waals surface area contributed by atoms with Gasteiger partial charge in [-0.3, -0.25) is 0 Å². The molecule has 1 atom stereocenters. The lowest BCUT2D eigenvalue weighted by molar-refractivity contribution is 0.520. The van der Waals surface area contributed by atoms with Crippen LogP contribution in [0.1, 0.15) is 30.6 Å². The molecule has 2 heterocycles. The third kappa shape index (κ3) is 3.51. The summed E-state index contributed by atoms with van der Waals surface area (Å²) in [5.41, 5.74) is 9.87. The number of thiazole rings is 1. The molecule has 2 aromatic heterocycles. The number of aromatic nitrogens is 2. The Bertz CT molecular complexity index is 470. The summed E-state index contributed by atoms with van der Waals surface area (Å²) >= 11 is 1.63. The van der Waals surface area contributed by atoms with Crippen LogP contribution in [0.2, 0.25) is 0 Å². The molecular formula is C13H18N4S. The lowest BCUT2D eigenvalue weighted by Crippen LogP contribution is -2.24. The van der Waals surface area contributed by atoms with E-state index in [1.165, 1.54) is 5.56 Å². The Morgan fingerprint density at radius 3 is 3.00 bits per heavy atom. The van der Waals surface area contributed by atoms with Crippen LogP contribution in [0.3, 0.4) is 0 Å². The fourth-order valence-corrected chi connectivity index (χ4v) is 2.46. The summed E-state index contributed by atoms with van der Waals surface area (Å²) in [6.45, 7) is 3.15. The summed E-state index contributed by atoms with van der Waals surface area (Å²) < 4.78 is 0. The van der Waals surface area contributed by atoms with Crippen molar-refractivity contribution in [2.45, 2.75) is 25.8 Å². The maximum atomic E-state index is 5.71. The highest BCUT2D eigenvalue weighted by Gasteiger charge is 2.13. The second kappa shape index (κ2) is 6.47. The van der Waals surface area contributed by atoms with E-state index in [4.69, 9.17) is 5.73 Å². The largest absolute Gasteiger partial charge is 0.384 e. The second-order valence-corrected chi connectivity index (χ2v) is 4.93. The average molecular weight is 262 g/mol. The number of nitrogen functional groups attached to an aromatic ring is 1. The second-order valence-electron chi connectivity index (χ2n) is 4.21. The molecule has 0 radical (unpaired) electrons. The van der Waals surface area contributed by atoms with Crippen LogP contribution in [0.15, 0.2) is 29.2 Å². The Balaban J connectivity index is 2.10. The van der Waals surface area contributed by atoms with Crippen LogP contribution >= 0.6 is 11.3 Å². The highest BCUT2D eigenvalue weighted by atomic mass is 32.1. The molecule has 0 aromatic carbocycles. The molecule has 18 heavy (non-hydrogen) atoms. The van der Waals surface area contributed by atoms with Crippen molar-refractivity contribution in [1.29, 1.82) is 0 Å². The minimum Gasteiger partial charge on any atom is -0.384 e. The number of hydrogen-bond acceptors (Lipinski definition) is 5. The molecule has 0 fully saturated rings. The van der Waals surface area contributed by atoms with Crippen molar-refractivity contribution >= 4 is 17.2 Å². The zero-order valence-corrected chi connectivity index (χ0v) is 11.3. The predicted octanol–water partition coefficient (Wildman–Crippen LogP) is 2.40. The first kappa shape index (κ1) is 13.0. The van der Waals surface area contributed by atoms with Gasteiger partial charge in [-0.1, -0.05) is 6.92 Å². The molecule has 2 aromatic rings. The summed E-state index contributed by atoms with van der Waals surface area (Å²) in [5, 5.41) is 5.62. The van der Waals surface area contributed by atoms with E-state index in [1.807, 2.05) is 17.6 Å². The van der Waals surface area contributed by atoms with E-state index in [0.29, 0.717) is 5.82 Å². The molecule has 0 aliphatic carbocycles. The Morgan fingerprint density at radius 1 is 1.44 bits per heavy atom. The van der Waals surface area contributed by atoms with E-state index in [1.54, 1.807) is 17.5 Å². The maximum Gasteiger partial charge on any atom is 0.123 e. The molecule has 96 valence electrons. The van der Waals surface area contributed by atoms with Crippen molar-refractivity contribution in [1.82, 2.24) is 15.3 Å². The van der Waals surface area contributed by atoms with Gasteiger partial charge in [0.15, 0.2) is 0 Å². The van der Waals surface area contributed by atoms with E-state index in [2.05, 4.69) is 27.6 Å². The van der Waals surface area contributed by atoms with Gasteiger partial charge in [-0.25, -0.2) is 9.97 Å². The van der Waals surface area contributed by atoms with Crippen LogP contribution in [0.5, 0.6) is 0 Å². The summed E-state index contributed by atoms with van der Waals surface area (Å²) in [4.78, 5) is 8.41. The number of pyridine rings is 1. The summed E-state index contributed by atoms with van der Waals surface area (Å²) in [6, 6.07) is 4.18. The van der Waals surface area contributed by atoms with E-state index < -0.39 is 0 Å². The fourth-order valence-electron chi connectivity index (χ4n) is 1.85. The third-order valence-electron chi connectivity index (χ3n) is 2.73. The van der Waals surface area contributed by atoms with E-state index in [0.717, 1.165) is 25.1 Å². The summed E-state index contributed by atoms with van der Waals surface area (Å²) in [6.07, 6.45) is 3.75. The number of rotatable bonds is 6. The molecule has 0 saturated heterocycles. The first-order valence-corrected chi connectivity index (χ1v) is 7.05. The van der Waals surface area contributed by atoms with Crippen molar-refractivity contribution in [2.24, 2.45) is 0 Å². The topological polar surface area (TPSA) is 63.8 Å². The maximum absolute atomic E-state index is 5.71. The zero-order chi connectivity index (χ0) is 12.8. The van der Waals surface area contributed by atoms with Crippen molar-refractivity contribution in [3.63, 3.8) is 0 Å². The first-order chi connectivity index (χ1) is 8.79.